The fourth-order valence-electron chi connectivity index (χ4n) is 3.70. The number of benzene rings is 1. The summed E-state index contributed by atoms with van der Waals surface area (Å²) < 4.78 is 10.8. The van der Waals surface area contributed by atoms with Gasteiger partial charge >= 0.3 is 0 Å². The first-order chi connectivity index (χ1) is 14.2. The predicted octanol–water partition coefficient (Wildman–Crippen LogP) is 3.06. The molecule has 7 heteroatoms. The molecule has 1 aromatic carbocycles. The second-order valence-corrected chi connectivity index (χ2v) is 7.98. The molecule has 0 atom stereocenters. The molecule has 1 aliphatic heterocycles. The molecular formula is C22H30N4O3. The van der Waals surface area contributed by atoms with Gasteiger partial charge in [-0.2, -0.15) is 4.98 Å². The van der Waals surface area contributed by atoms with Crippen LogP contribution >= 0.6 is 0 Å². The number of carbonyl (C=O) groups is 1. The van der Waals surface area contributed by atoms with Crippen LogP contribution in [0.2, 0.25) is 0 Å². The number of rotatable bonds is 9. The van der Waals surface area contributed by atoms with Gasteiger partial charge in [0.2, 0.25) is 17.6 Å². The van der Waals surface area contributed by atoms with E-state index in [0.29, 0.717) is 37.2 Å². The minimum atomic E-state index is 0.173. The van der Waals surface area contributed by atoms with Gasteiger partial charge in [-0.1, -0.05) is 5.16 Å². The molecule has 1 saturated carbocycles. The van der Waals surface area contributed by atoms with Gasteiger partial charge in [0.1, 0.15) is 5.75 Å². The predicted molar refractivity (Wildman–Crippen MR) is 110 cm³/mol. The van der Waals surface area contributed by atoms with Crippen LogP contribution in [0.3, 0.4) is 0 Å². The highest BCUT2D eigenvalue weighted by Crippen LogP contribution is 2.28. The van der Waals surface area contributed by atoms with E-state index in [4.69, 9.17) is 9.26 Å². The van der Waals surface area contributed by atoms with Crippen molar-refractivity contribution in [1.29, 1.82) is 0 Å². The van der Waals surface area contributed by atoms with E-state index in [1.807, 2.05) is 36.1 Å². The normalized spacial score (nSPS) is 17.5. The molecule has 156 valence electrons. The molecule has 2 aromatic rings. The van der Waals surface area contributed by atoms with E-state index in [2.05, 4.69) is 15.5 Å². The van der Waals surface area contributed by atoms with Crippen molar-refractivity contribution >= 4 is 5.91 Å². The van der Waals surface area contributed by atoms with Crippen molar-refractivity contribution in [2.24, 2.45) is 5.92 Å². The second-order valence-electron chi connectivity index (χ2n) is 7.98. The Balaban J connectivity index is 1.21. The van der Waals surface area contributed by atoms with Gasteiger partial charge < -0.3 is 19.5 Å². The molecule has 2 fully saturated rings. The first-order valence-corrected chi connectivity index (χ1v) is 10.8. The average molecular weight is 399 g/mol. The number of aryl methyl sites for hydroxylation is 1. The molecule has 4 rings (SSSR count). The van der Waals surface area contributed by atoms with E-state index < -0.39 is 0 Å². The van der Waals surface area contributed by atoms with Gasteiger partial charge in [0.05, 0.1) is 6.61 Å². The second kappa shape index (κ2) is 9.39. The molecule has 0 unspecified atom stereocenters. The number of carbonyl (C=O) groups excluding carboxylic acids is 1. The van der Waals surface area contributed by atoms with Crippen molar-refractivity contribution in [2.45, 2.75) is 51.5 Å². The Morgan fingerprint density at radius 1 is 1.21 bits per heavy atom. The van der Waals surface area contributed by atoms with Gasteiger partial charge in [0.15, 0.2) is 0 Å². The number of likely N-dealkylation sites (tertiary alicyclic amines) is 1. The van der Waals surface area contributed by atoms with E-state index in [1.165, 1.54) is 12.8 Å². The molecule has 7 nitrogen and oxygen atoms in total. The minimum Gasteiger partial charge on any atom is -0.494 e. The van der Waals surface area contributed by atoms with Crippen LogP contribution in [0.15, 0.2) is 28.8 Å². The first kappa shape index (κ1) is 19.9. The Labute approximate surface area is 171 Å². The summed E-state index contributed by atoms with van der Waals surface area (Å²) in [4.78, 5) is 18.9. The highest BCUT2D eigenvalue weighted by Gasteiger charge is 2.26. The van der Waals surface area contributed by atoms with Crippen LogP contribution in [0.5, 0.6) is 5.75 Å². The van der Waals surface area contributed by atoms with E-state index >= 15 is 0 Å². The lowest BCUT2D eigenvalue weighted by Gasteiger charge is -2.32. The monoisotopic (exact) mass is 398 g/mol. The highest BCUT2D eigenvalue weighted by molar-refractivity contribution is 5.76. The number of amides is 1. The van der Waals surface area contributed by atoms with Crippen LogP contribution in [-0.2, 0) is 11.2 Å². The number of piperidine rings is 1. The molecule has 1 saturated heterocycles. The van der Waals surface area contributed by atoms with Crippen molar-refractivity contribution in [1.82, 2.24) is 20.4 Å². The summed E-state index contributed by atoms with van der Waals surface area (Å²) in [5.74, 6) is 2.93. The third kappa shape index (κ3) is 5.56. The lowest BCUT2D eigenvalue weighted by molar-refractivity contribution is -0.132. The Morgan fingerprint density at radius 3 is 2.66 bits per heavy atom. The molecule has 2 heterocycles. The van der Waals surface area contributed by atoms with Gasteiger partial charge in [-0.05, 0) is 69.3 Å². The van der Waals surface area contributed by atoms with Crippen LogP contribution in [0.25, 0.3) is 11.4 Å². The summed E-state index contributed by atoms with van der Waals surface area (Å²) in [6, 6.07) is 8.16. The maximum absolute atomic E-state index is 12.5. The zero-order valence-corrected chi connectivity index (χ0v) is 17.1. The van der Waals surface area contributed by atoms with Gasteiger partial charge in [-0.15, -0.1) is 0 Å². The number of aromatic nitrogens is 2. The van der Waals surface area contributed by atoms with Crippen molar-refractivity contribution < 1.29 is 14.1 Å². The van der Waals surface area contributed by atoms with E-state index in [1.54, 1.807) is 0 Å². The topological polar surface area (TPSA) is 80.5 Å². The highest BCUT2D eigenvalue weighted by atomic mass is 16.5. The van der Waals surface area contributed by atoms with Crippen LogP contribution in [0.1, 0.15) is 44.9 Å². The Morgan fingerprint density at radius 2 is 1.97 bits per heavy atom. The maximum atomic E-state index is 12.5. The zero-order chi connectivity index (χ0) is 20.1. The Hall–Kier alpha value is -2.41. The molecule has 1 aliphatic carbocycles. The molecule has 1 amide bonds. The third-order valence-corrected chi connectivity index (χ3v) is 5.68. The Bertz CT molecular complexity index is 793. The van der Waals surface area contributed by atoms with Gasteiger partial charge in [0, 0.05) is 37.5 Å². The molecule has 1 N–H and O–H groups in total. The zero-order valence-electron chi connectivity index (χ0n) is 17.1. The SMILES string of the molecule is CCOc1ccc(-c2noc(CCC(=O)N3CCC(NCC4CC4)CC3)n2)cc1. The van der Waals surface area contributed by atoms with Crippen molar-refractivity contribution in [3.05, 3.63) is 30.2 Å². The largest absolute Gasteiger partial charge is 0.494 e. The average Bonchev–Trinajstić information content (AvgIpc) is 3.47. The lowest BCUT2D eigenvalue weighted by atomic mass is 10.0. The van der Waals surface area contributed by atoms with Gasteiger partial charge in [0.25, 0.3) is 0 Å². The van der Waals surface area contributed by atoms with Crippen LogP contribution < -0.4 is 10.1 Å². The molecule has 0 bridgehead atoms. The first-order valence-electron chi connectivity index (χ1n) is 10.8. The summed E-state index contributed by atoms with van der Waals surface area (Å²) in [6.45, 7) is 5.40. The molecular weight excluding hydrogens is 368 g/mol. The van der Waals surface area contributed by atoms with E-state index in [9.17, 15) is 4.79 Å². The summed E-state index contributed by atoms with van der Waals surface area (Å²) >= 11 is 0. The number of nitrogens with zero attached hydrogens (tertiary/aromatic N) is 3. The van der Waals surface area contributed by atoms with Crippen molar-refractivity contribution in [3.8, 4) is 17.1 Å². The summed E-state index contributed by atoms with van der Waals surface area (Å²) in [7, 11) is 0. The fraction of sp³-hybridized carbons (Fsp3) is 0.591. The van der Waals surface area contributed by atoms with Crippen LogP contribution in [-0.4, -0.2) is 53.2 Å². The summed E-state index contributed by atoms with van der Waals surface area (Å²) in [5, 5.41) is 7.69. The van der Waals surface area contributed by atoms with Gasteiger partial charge in [-0.3, -0.25) is 4.79 Å². The minimum absolute atomic E-state index is 0.173. The molecule has 0 radical (unpaired) electrons. The summed E-state index contributed by atoms with van der Waals surface area (Å²) in [5.41, 5.74) is 0.871. The molecule has 1 aromatic heterocycles. The fourth-order valence-corrected chi connectivity index (χ4v) is 3.70. The van der Waals surface area contributed by atoms with Crippen molar-refractivity contribution in [3.63, 3.8) is 0 Å². The Kier molecular flexibility index (Phi) is 6.44. The molecule has 0 spiro atoms. The quantitative estimate of drug-likeness (QED) is 0.699. The van der Waals surface area contributed by atoms with Crippen LogP contribution in [0, 0.1) is 5.92 Å². The lowest BCUT2D eigenvalue weighted by Crippen LogP contribution is -2.45. The third-order valence-electron chi connectivity index (χ3n) is 5.68. The van der Waals surface area contributed by atoms with Gasteiger partial charge in [-0.25, -0.2) is 0 Å². The number of nitrogens with one attached hydrogen (secondary N) is 1. The molecule has 2 aliphatic rings. The van der Waals surface area contributed by atoms with E-state index in [0.717, 1.165) is 49.7 Å². The standard InChI is InChI=1S/C22H30N4O3/c1-2-28-19-7-5-17(6-8-19)22-24-20(29-25-22)9-10-21(27)26-13-11-18(12-14-26)23-15-16-3-4-16/h5-8,16,18,23H,2-4,9-15H2,1H3. The van der Waals surface area contributed by atoms with Crippen molar-refractivity contribution in [2.75, 3.05) is 26.2 Å². The number of hydrogen-bond donors (Lipinski definition) is 1. The smallest absolute Gasteiger partial charge is 0.227 e. The number of ether oxygens (including phenoxy) is 1. The van der Waals surface area contributed by atoms with Crippen LogP contribution in [0.4, 0.5) is 0 Å². The maximum Gasteiger partial charge on any atom is 0.227 e. The number of hydrogen-bond acceptors (Lipinski definition) is 6. The molecule has 29 heavy (non-hydrogen) atoms. The van der Waals surface area contributed by atoms with E-state index in [-0.39, 0.29) is 5.91 Å². The summed E-state index contributed by atoms with van der Waals surface area (Å²) in [6.07, 6.45) is 5.72.